The first-order chi connectivity index (χ1) is 8.94. The molecule has 0 aliphatic carbocycles. The number of rotatable bonds is 4. The van der Waals surface area contributed by atoms with E-state index in [1.165, 1.54) is 0 Å². The molecule has 7 heteroatoms. The van der Waals surface area contributed by atoms with E-state index in [1.54, 1.807) is 48.5 Å². The van der Waals surface area contributed by atoms with Crippen molar-refractivity contribution in [3.8, 4) is 5.75 Å². The van der Waals surface area contributed by atoms with E-state index in [4.69, 9.17) is 39.5 Å². The molecule has 0 saturated carbocycles. The van der Waals surface area contributed by atoms with Crippen LogP contribution in [0.4, 0.5) is 0 Å². The molecule has 1 N–H and O–H groups in total. The number of benzene rings is 2. The van der Waals surface area contributed by atoms with Crippen molar-refractivity contribution in [2.24, 2.45) is 0 Å². The Hall–Kier alpha value is -0.220. The van der Waals surface area contributed by atoms with Gasteiger partial charge in [0.15, 0.2) is 0 Å². The maximum Gasteiger partial charge on any atom is 0.299 e. The summed E-state index contributed by atoms with van der Waals surface area (Å²) in [6.45, 7) is 0. The average molecular weight is 351 g/mol. The molecular formula is C12H9Cl2O2PS2. The molecule has 0 heterocycles. The van der Waals surface area contributed by atoms with Gasteiger partial charge in [-0.15, -0.1) is 0 Å². The van der Waals surface area contributed by atoms with Gasteiger partial charge in [-0.05, 0) is 71.7 Å². The van der Waals surface area contributed by atoms with Gasteiger partial charge in [0.1, 0.15) is 5.75 Å². The lowest BCUT2D eigenvalue weighted by Gasteiger charge is -2.16. The fourth-order valence-electron chi connectivity index (χ4n) is 1.28. The lowest BCUT2D eigenvalue weighted by Crippen LogP contribution is -1.87. The lowest BCUT2D eigenvalue weighted by molar-refractivity contribution is 0.504. The second-order valence-electron chi connectivity index (χ2n) is 3.56. The molecule has 2 aromatic carbocycles. The SMILES string of the molecule is OP(=S)(Oc1ccc(Cl)cc1)Sc1ccc(Cl)cc1. The van der Waals surface area contributed by atoms with E-state index in [9.17, 15) is 4.89 Å². The third-order valence-electron chi connectivity index (χ3n) is 2.07. The molecule has 1 atom stereocenters. The van der Waals surface area contributed by atoms with Gasteiger partial charge in [-0.2, -0.15) is 0 Å². The van der Waals surface area contributed by atoms with Gasteiger partial charge in [-0.25, -0.2) is 0 Å². The Labute approximate surface area is 130 Å². The summed E-state index contributed by atoms with van der Waals surface area (Å²) in [5.74, 6) is 0.497. The smallest absolute Gasteiger partial charge is 0.299 e. The molecule has 0 radical (unpaired) electrons. The van der Waals surface area contributed by atoms with Crippen LogP contribution in [0.3, 0.4) is 0 Å². The lowest BCUT2D eigenvalue weighted by atomic mass is 10.3. The van der Waals surface area contributed by atoms with Gasteiger partial charge in [-0.3, -0.25) is 0 Å². The minimum Gasteiger partial charge on any atom is -0.436 e. The molecule has 1 unspecified atom stereocenters. The zero-order valence-corrected chi connectivity index (χ0v) is 13.5. The van der Waals surface area contributed by atoms with E-state index in [0.29, 0.717) is 15.8 Å². The van der Waals surface area contributed by atoms with Gasteiger partial charge >= 0.3 is 0 Å². The summed E-state index contributed by atoms with van der Waals surface area (Å²) < 4.78 is 5.44. The monoisotopic (exact) mass is 350 g/mol. The minimum atomic E-state index is -3.00. The summed E-state index contributed by atoms with van der Waals surface area (Å²) in [4.78, 5) is 11.0. The molecule has 2 rings (SSSR count). The van der Waals surface area contributed by atoms with Gasteiger partial charge in [0.05, 0.1) is 0 Å². The highest BCUT2D eigenvalue weighted by Gasteiger charge is 2.17. The van der Waals surface area contributed by atoms with Crippen LogP contribution in [-0.4, -0.2) is 4.89 Å². The summed E-state index contributed by atoms with van der Waals surface area (Å²) in [5.41, 5.74) is -3.00. The quantitative estimate of drug-likeness (QED) is 0.749. The molecule has 0 fully saturated rings. The van der Waals surface area contributed by atoms with Crippen molar-refractivity contribution < 1.29 is 9.42 Å². The summed E-state index contributed by atoms with van der Waals surface area (Å²) in [7, 11) is 0. The first kappa shape index (κ1) is 15.2. The highest BCUT2D eigenvalue weighted by Crippen LogP contribution is 2.59. The zero-order valence-electron chi connectivity index (χ0n) is 9.49. The highest BCUT2D eigenvalue weighted by molar-refractivity contribution is 8.67. The van der Waals surface area contributed by atoms with Crippen LogP contribution in [-0.2, 0) is 11.8 Å². The number of hydrogen-bond acceptors (Lipinski definition) is 3. The van der Waals surface area contributed by atoms with Crippen LogP contribution in [0, 0.1) is 0 Å². The number of hydrogen-bond donors (Lipinski definition) is 1. The van der Waals surface area contributed by atoms with Crippen molar-refractivity contribution in [1.29, 1.82) is 0 Å². The third kappa shape index (κ3) is 4.99. The first-order valence-electron chi connectivity index (χ1n) is 5.18. The summed E-state index contributed by atoms with van der Waals surface area (Å²) >= 11 is 17.8. The second-order valence-corrected chi connectivity index (χ2v) is 10.4. The van der Waals surface area contributed by atoms with E-state index >= 15 is 0 Å². The van der Waals surface area contributed by atoms with Crippen molar-refractivity contribution in [3.05, 3.63) is 58.6 Å². The molecule has 100 valence electrons. The maximum atomic E-state index is 10.2. The van der Waals surface area contributed by atoms with Crippen molar-refractivity contribution >= 4 is 52.1 Å². The Morgan fingerprint density at radius 3 is 1.95 bits per heavy atom. The van der Waals surface area contributed by atoms with Crippen LogP contribution < -0.4 is 4.52 Å². The minimum absolute atomic E-state index is 0.497. The predicted molar refractivity (Wildman–Crippen MR) is 85.9 cm³/mol. The molecule has 0 bridgehead atoms. The van der Waals surface area contributed by atoms with Gasteiger partial charge in [0, 0.05) is 14.9 Å². The van der Waals surface area contributed by atoms with Crippen LogP contribution in [0.1, 0.15) is 0 Å². The fraction of sp³-hybridized carbons (Fsp3) is 0. The van der Waals surface area contributed by atoms with Crippen molar-refractivity contribution in [2.45, 2.75) is 4.90 Å². The molecule has 0 saturated heterocycles. The summed E-state index contributed by atoms with van der Waals surface area (Å²) in [6.07, 6.45) is 0. The van der Waals surface area contributed by atoms with E-state index < -0.39 is 5.69 Å². The zero-order chi connectivity index (χ0) is 13.9. The van der Waals surface area contributed by atoms with Crippen LogP contribution >= 0.6 is 40.3 Å². The van der Waals surface area contributed by atoms with Crippen molar-refractivity contribution in [3.63, 3.8) is 0 Å². The Balaban J connectivity index is 2.08. The van der Waals surface area contributed by atoms with Crippen molar-refractivity contribution in [1.82, 2.24) is 0 Å². The molecule has 2 nitrogen and oxygen atoms in total. The fourth-order valence-corrected chi connectivity index (χ4v) is 5.04. The third-order valence-corrected chi connectivity index (χ3v) is 6.17. The molecule has 0 aliphatic heterocycles. The summed E-state index contributed by atoms with van der Waals surface area (Å²) in [5, 5.41) is 1.23. The van der Waals surface area contributed by atoms with Crippen molar-refractivity contribution in [2.75, 3.05) is 0 Å². The van der Waals surface area contributed by atoms with Gasteiger partial charge in [0.2, 0.25) is 0 Å². The topological polar surface area (TPSA) is 29.5 Å². The molecule has 2 aromatic rings. The van der Waals surface area contributed by atoms with E-state index in [2.05, 4.69) is 0 Å². The number of halogens is 2. The Bertz CT molecular complexity index is 551. The van der Waals surface area contributed by atoms with E-state index in [-0.39, 0.29) is 0 Å². The molecule has 0 aromatic heterocycles. The van der Waals surface area contributed by atoms with Crippen LogP contribution in [0.15, 0.2) is 53.4 Å². The van der Waals surface area contributed by atoms with Crippen LogP contribution in [0.5, 0.6) is 5.75 Å². The van der Waals surface area contributed by atoms with E-state index in [1.807, 2.05) is 0 Å². The van der Waals surface area contributed by atoms with E-state index in [0.717, 1.165) is 16.3 Å². The Morgan fingerprint density at radius 1 is 0.947 bits per heavy atom. The van der Waals surface area contributed by atoms with Gasteiger partial charge in [0.25, 0.3) is 5.69 Å². The highest BCUT2D eigenvalue weighted by atomic mass is 35.5. The Kier molecular flexibility index (Phi) is 5.18. The molecule has 0 amide bonds. The first-order valence-corrected chi connectivity index (χ1v) is 10.0. The molecule has 19 heavy (non-hydrogen) atoms. The predicted octanol–water partition coefficient (Wildman–Crippen LogP) is 5.38. The normalized spacial score (nSPS) is 13.8. The molecule has 0 spiro atoms. The van der Waals surface area contributed by atoms with Gasteiger partial charge < -0.3 is 9.42 Å². The summed E-state index contributed by atoms with van der Waals surface area (Å²) in [6, 6.07) is 13.7. The standard InChI is InChI=1S/C12H9Cl2O2PS2/c13-9-1-5-11(6-2-9)16-17(15,18)19-12-7-3-10(14)4-8-12/h1-8H,(H,15,18). The van der Waals surface area contributed by atoms with Crippen LogP contribution in [0.2, 0.25) is 10.0 Å². The maximum absolute atomic E-state index is 10.2. The molecule has 0 aliphatic rings. The molecular weight excluding hydrogens is 342 g/mol. The average Bonchev–Trinajstić information content (AvgIpc) is 2.34. The van der Waals surface area contributed by atoms with Gasteiger partial charge in [-0.1, -0.05) is 23.2 Å². The Morgan fingerprint density at radius 2 is 1.42 bits per heavy atom. The second kappa shape index (κ2) is 6.49. The van der Waals surface area contributed by atoms with Crippen LogP contribution in [0.25, 0.3) is 0 Å². The largest absolute Gasteiger partial charge is 0.436 e.